The van der Waals surface area contributed by atoms with Gasteiger partial charge in [0.15, 0.2) is 0 Å². The highest BCUT2D eigenvalue weighted by Crippen LogP contribution is 2.09. The van der Waals surface area contributed by atoms with E-state index >= 15 is 0 Å². The molecule has 0 amide bonds. The summed E-state index contributed by atoms with van der Waals surface area (Å²) in [4.78, 5) is 0. The van der Waals surface area contributed by atoms with Crippen LogP contribution >= 0.6 is 0 Å². The van der Waals surface area contributed by atoms with Gasteiger partial charge in [0.1, 0.15) is 0 Å². The van der Waals surface area contributed by atoms with Gasteiger partial charge in [-0.3, -0.25) is 0 Å². The maximum Gasteiger partial charge on any atom is 0.0760 e. The standard InChI is InChI=1S/C6H9O/c1-7-6-4-2-3-5-6/h5-6H,2,4H2,1H3. The second-order valence-corrected chi connectivity index (χ2v) is 1.68. The lowest BCUT2D eigenvalue weighted by Gasteiger charge is -2.00. The van der Waals surface area contributed by atoms with Crippen molar-refractivity contribution in [3.05, 3.63) is 12.2 Å². The first-order valence-electron chi connectivity index (χ1n) is 2.53. The van der Waals surface area contributed by atoms with E-state index in [1.165, 1.54) is 0 Å². The third-order valence-corrected chi connectivity index (χ3v) is 1.18. The van der Waals surface area contributed by atoms with Crippen LogP contribution in [0, 0.1) is 6.08 Å². The average Bonchev–Trinajstić information content (AvgIpc) is 2.14. The molecule has 1 atom stereocenters. The maximum atomic E-state index is 4.99. The van der Waals surface area contributed by atoms with Crippen LogP contribution < -0.4 is 0 Å². The number of rotatable bonds is 1. The van der Waals surface area contributed by atoms with Gasteiger partial charge in [-0.25, -0.2) is 0 Å². The van der Waals surface area contributed by atoms with Crippen LogP contribution in [-0.4, -0.2) is 13.2 Å². The highest BCUT2D eigenvalue weighted by Gasteiger charge is 2.05. The van der Waals surface area contributed by atoms with Gasteiger partial charge in [0.05, 0.1) is 6.10 Å². The SMILES string of the molecule is COC1C=[C]CC1. The number of hydrogen-bond acceptors (Lipinski definition) is 1. The highest BCUT2D eigenvalue weighted by molar-refractivity contribution is 4.91. The van der Waals surface area contributed by atoms with Gasteiger partial charge in [0.2, 0.25) is 0 Å². The van der Waals surface area contributed by atoms with Gasteiger partial charge in [0.25, 0.3) is 0 Å². The Labute approximate surface area is 44.0 Å². The van der Waals surface area contributed by atoms with Gasteiger partial charge < -0.3 is 4.74 Å². The molecule has 1 aliphatic rings. The van der Waals surface area contributed by atoms with Crippen LogP contribution in [0.3, 0.4) is 0 Å². The van der Waals surface area contributed by atoms with E-state index in [1.807, 2.05) is 6.08 Å². The molecule has 39 valence electrons. The van der Waals surface area contributed by atoms with Crippen LogP contribution in [0.15, 0.2) is 6.08 Å². The van der Waals surface area contributed by atoms with Crippen molar-refractivity contribution in [3.63, 3.8) is 0 Å². The van der Waals surface area contributed by atoms with Crippen molar-refractivity contribution >= 4 is 0 Å². The molecule has 0 spiro atoms. The Hall–Kier alpha value is -0.300. The predicted molar refractivity (Wildman–Crippen MR) is 27.8 cm³/mol. The molecule has 1 unspecified atom stereocenters. The molecule has 0 bridgehead atoms. The Morgan fingerprint density at radius 2 is 2.71 bits per heavy atom. The fourth-order valence-electron chi connectivity index (χ4n) is 0.710. The third-order valence-electron chi connectivity index (χ3n) is 1.18. The van der Waals surface area contributed by atoms with Crippen molar-refractivity contribution < 1.29 is 4.74 Å². The first-order chi connectivity index (χ1) is 3.43. The molecule has 7 heavy (non-hydrogen) atoms. The van der Waals surface area contributed by atoms with Crippen molar-refractivity contribution in [1.82, 2.24) is 0 Å². The summed E-state index contributed by atoms with van der Waals surface area (Å²) in [5, 5.41) is 0. The molecule has 0 N–H and O–H groups in total. The van der Waals surface area contributed by atoms with E-state index in [2.05, 4.69) is 6.08 Å². The second-order valence-electron chi connectivity index (χ2n) is 1.68. The third kappa shape index (κ3) is 1.03. The molecule has 1 rings (SSSR count). The van der Waals surface area contributed by atoms with Crippen molar-refractivity contribution in [2.75, 3.05) is 7.11 Å². The molecule has 1 aliphatic carbocycles. The van der Waals surface area contributed by atoms with Crippen LogP contribution in [0.4, 0.5) is 0 Å². The number of allylic oxidation sites excluding steroid dienone is 1. The fourth-order valence-corrected chi connectivity index (χ4v) is 0.710. The van der Waals surface area contributed by atoms with E-state index in [9.17, 15) is 0 Å². The van der Waals surface area contributed by atoms with E-state index in [-0.39, 0.29) is 0 Å². The van der Waals surface area contributed by atoms with Gasteiger partial charge in [-0.1, -0.05) is 6.08 Å². The quantitative estimate of drug-likeness (QED) is 0.477. The summed E-state index contributed by atoms with van der Waals surface area (Å²) in [5.41, 5.74) is 0. The molecule has 0 aromatic rings. The minimum absolute atomic E-state index is 0.361. The number of methoxy groups -OCH3 is 1. The van der Waals surface area contributed by atoms with Gasteiger partial charge >= 0.3 is 0 Å². The summed E-state index contributed by atoms with van der Waals surface area (Å²) < 4.78 is 4.99. The normalized spacial score (nSPS) is 29.0. The molecule has 0 fully saturated rings. The summed E-state index contributed by atoms with van der Waals surface area (Å²) in [5.74, 6) is 0. The van der Waals surface area contributed by atoms with Crippen LogP contribution in [0.5, 0.6) is 0 Å². The Balaban J connectivity index is 2.28. The minimum Gasteiger partial charge on any atom is -0.377 e. The average molecular weight is 97.1 g/mol. The Morgan fingerprint density at radius 1 is 1.86 bits per heavy atom. The highest BCUT2D eigenvalue weighted by atomic mass is 16.5. The summed E-state index contributed by atoms with van der Waals surface area (Å²) in [7, 11) is 1.73. The molecule has 1 nitrogen and oxygen atoms in total. The molecule has 1 radical (unpaired) electrons. The summed E-state index contributed by atoms with van der Waals surface area (Å²) in [6.45, 7) is 0. The topological polar surface area (TPSA) is 9.23 Å². The van der Waals surface area contributed by atoms with Crippen LogP contribution in [0.1, 0.15) is 12.8 Å². The zero-order valence-electron chi connectivity index (χ0n) is 4.48. The van der Waals surface area contributed by atoms with Gasteiger partial charge in [-0.15, -0.1) is 0 Å². The van der Waals surface area contributed by atoms with Gasteiger partial charge in [-0.05, 0) is 18.9 Å². The number of ether oxygens (including phenoxy) is 1. The zero-order valence-corrected chi connectivity index (χ0v) is 4.48. The van der Waals surface area contributed by atoms with Gasteiger partial charge in [-0.2, -0.15) is 0 Å². The Morgan fingerprint density at radius 3 is 3.00 bits per heavy atom. The molecule has 0 aromatic carbocycles. The zero-order chi connectivity index (χ0) is 5.11. The summed E-state index contributed by atoms with van der Waals surface area (Å²) in [6.07, 6.45) is 7.61. The Bertz CT molecular complexity index is 76.2. The number of hydrogen-bond donors (Lipinski definition) is 0. The lowest BCUT2D eigenvalue weighted by molar-refractivity contribution is 0.141. The minimum atomic E-state index is 0.361. The molecule has 0 saturated carbocycles. The molecular formula is C6H9O. The van der Waals surface area contributed by atoms with Crippen molar-refractivity contribution in [2.45, 2.75) is 18.9 Å². The van der Waals surface area contributed by atoms with Crippen molar-refractivity contribution in [3.8, 4) is 0 Å². The van der Waals surface area contributed by atoms with Crippen LogP contribution in [-0.2, 0) is 4.74 Å². The second kappa shape index (κ2) is 2.12. The molecule has 1 heteroatoms. The predicted octanol–water partition coefficient (Wildman–Crippen LogP) is 1.15. The van der Waals surface area contributed by atoms with E-state index in [0.29, 0.717) is 6.10 Å². The van der Waals surface area contributed by atoms with Crippen LogP contribution in [0.2, 0.25) is 0 Å². The van der Waals surface area contributed by atoms with E-state index < -0.39 is 0 Å². The van der Waals surface area contributed by atoms with Crippen LogP contribution in [0.25, 0.3) is 0 Å². The van der Waals surface area contributed by atoms with E-state index in [4.69, 9.17) is 4.74 Å². The maximum absolute atomic E-state index is 4.99. The molecular weight excluding hydrogens is 88.1 g/mol. The fraction of sp³-hybridized carbons (Fsp3) is 0.667. The van der Waals surface area contributed by atoms with Crippen molar-refractivity contribution in [1.29, 1.82) is 0 Å². The molecule has 0 saturated heterocycles. The van der Waals surface area contributed by atoms with E-state index in [0.717, 1.165) is 12.8 Å². The molecule has 0 aromatic heterocycles. The van der Waals surface area contributed by atoms with Crippen molar-refractivity contribution in [2.24, 2.45) is 0 Å². The smallest absolute Gasteiger partial charge is 0.0760 e. The Kier molecular flexibility index (Phi) is 1.47. The summed E-state index contributed by atoms with van der Waals surface area (Å²) in [6, 6.07) is 0. The lowest BCUT2D eigenvalue weighted by Crippen LogP contribution is -2.00. The molecule has 0 heterocycles. The lowest BCUT2D eigenvalue weighted by atomic mass is 10.3. The van der Waals surface area contributed by atoms with Gasteiger partial charge in [0, 0.05) is 7.11 Å². The summed E-state index contributed by atoms with van der Waals surface area (Å²) >= 11 is 0. The first-order valence-corrected chi connectivity index (χ1v) is 2.53. The molecule has 0 aliphatic heterocycles. The first kappa shape index (κ1) is 4.85. The largest absolute Gasteiger partial charge is 0.377 e. The van der Waals surface area contributed by atoms with E-state index in [1.54, 1.807) is 7.11 Å². The monoisotopic (exact) mass is 97.1 g/mol.